The smallest absolute Gasteiger partial charge is 0.326 e. The number of carbonyl (C=O) groups is 3. The molecule has 7 heteroatoms. The number of carboxylic acid groups (broad SMARTS) is 1. The molecule has 1 saturated carbocycles. The van der Waals surface area contributed by atoms with Crippen molar-refractivity contribution < 1.29 is 28.3 Å². The maximum atomic E-state index is 13.5. The summed E-state index contributed by atoms with van der Waals surface area (Å²) in [6.07, 6.45) is 3.40. The van der Waals surface area contributed by atoms with Crippen LogP contribution in [0.4, 0.5) is 0 Å². The van der Waals surface area contributed by atoms with E-state index < -0.39 is 42.8 Å². The van der Waals surface area contributed by atoms with Gasteiger partial charge in [-0.25, -0.2) is 4.79 Å². The van der Waals surface area contributed by atoms with Crippen LogP contribution in [0.5, 0.6) is 0 Å². The fourth-order valence-corrected chi connectivity index (χ4v) is 4.72. The molecule has 7 nitrogen and oxygen atoms in total. The van der Waals surface area contributed by atoms with Gasteiger partial charge in [0.1, 0.15) is 12.1 Å². The molecule has 1 amide bonds. The van der Waals surface area contributed by atoms with Gasteiger partial charge in [0.05, 0.1) is 12.6 Å². The van der Waals surface area contributed by atoms with E-state index in [0.717, 1.165) is 18.4 Å². The standard InChI is InChI=1S/C23H32N2O5/c1-3-30-23(29)18(13-12-16-8-5-4-6-9-16)24-15(2)21(26)25-19-11-7-10-17(19)14-20(25)22(27)28/h4-6,8-9,15,17-20,24H,3,7,10-14H2,1-2H3,(H,27,28)/i2+1D3. The number of carbonyl (C=O) groups excluding carboxylic acids is 2. The van der Waals surface area contributed by atoms with Gasteiger partial charge in [-0.2, -0.15) is 0 Å². The van der Waals surface area contributed by atoms with Crippen LogP contribution in [-0.4, -0.2) is 58.6 Å². The minimum atomic E-state index is -2.77. The number of amides is 1. The summed E-state index contributed by atoms with van der Waals surface area (Å²) in [5.74, 6) is -2.49. The van der Waals surface area contributed by atoms with Crippen molar-refractivity contribution in [3.8, 4) is 0 Å². The van der Waals surface area contributed by atoms with Crippen LogP contribution < -0.4 is 5.32 Å². The lowest BCUT2D eigenvalue weighted by atomic mass is 10.0. The second kappa shape index (κ2) is 10.1. The summed E-state index contributed by atoms with van der Waals surface area (Å²) in [6.45, 7) is -1.000. The van der Waals surface area contributed by atoms with E-state index >= 15 is 0 Å². The van der Waals surface area contributed by atoms with E-state index in [2.05, 4.69) is 5.32 Å². The molecule has 1 aromatic rings. The monoisotopic (exact) mass is 420 g/mol. The quantitative estimate of drug-likeness (QED) is 0.470. The molecule has 164 valence electrons. The van der Waals surface area contributed by atoms with E-state index in [0.29, 0.717) is 19.3 Å². The normalized spacial score (nSPS) is 26.8. The number of hydrogen-bond acceptors (Lipinski definition) is 5. The van der Waals surface area contributed by atoms with E-state index in [4.69, 9.17) is 8.85 Å². The molecule has 0 spiro atoms. The van der Waals surface area contributed by atoms with Crippen LogP contribution in [0, 0.1) is 5.92 Å². The van der Waals surface area contributed by atoms with E-state index in [1.54, 1.807) is 6.92 Å². The zero-order valence-electron chi connectivity index (χ0n) is 20.3. The van der Waals surface area contributed by atoms with E-state index in [-0.39, 0.29) is 25.0 Å². The number of ether oxygens (including phenoxy) is 1. The highest BCUT2D eigenvalue weighted by Gasteiger charge is 2.49. The molecule has 1 saturated heterocycles. The van der Waals surface area contributed by atoms with Gasteiger partial charge >= 0.3 is 11.9 Å². The number of benzene rings is 1. The van der Waals surface area contributed by atoms with Crippen LogP contribution in [0.2, 0.25) is 0 Å². The molecule has 1 heterocycles. The Labute approximate surface area is 182 Å². The summed E-state index contributed by atoms with van der Waals surface area (Å²) < 4.78 is 29.1. The van der Waals surface area contributed by atoms with Crippen LogP contribution in [0.15, 0.2) is 30.3 Å². The Morgan fingerprint density at radius 1 is 1.30 bits per heavy atom. The minimum Gasteiger partial charge on any atom is -0.480 e. The Morgan fingerprint density at radius 2 is 2.07 bits per heavy atom. The lowest BCUT2D eigenvalue weighted by Crippen LogP contribution is -2.55. The van der Waals surface area contributed by atoms with Crippen molar-refractivity contribution in [2.24, 2.45) is 5.92 Å². The zero-order valence-corrected chi connectivity index (χ0v) is 17.3. The Kier molecular flexibility index (Phi) is 6.16. The Bertz CT molecular complexity index is 848. The Hall–Kier alpha value is -2.41. The second-order valence-corrected chi connectivity index (χ2v) is 8.02. The maximum absolute atomic E-state index is 13.5. The van der Waals surface area contributed by atoms with Gasteiger partial charge in [0.2, 0.25) is 5.91 Å². The first-order chi connectivity index (χ1) is 15.6. The Balaban J connectivity index is 1.83. The summed E-state index contributed by atoms with van der Waals surface area (Å²) in [4.78, 5) is 39.3. The zero-order chi connectivity index (χ0) is 24.2. The molecule has 0 bridgehead atoms. The maximum Gasteiger partial charge on any atom is 0.326 e. The van der Waals surface area contributed by atoms with Crippen LogP contribution in [0.3, 0.4) is 0 Å². The fourth-order valence-electron chi connectivity index (χ4n) is 4.72. The topological polar surface area (TPSA) is 95.9 Å². The number of esters is 1. The van der Waals surface area contributed by atoms with Crippen LogP contribution in [-0.2, 0) is 25.5 Å². The predicted molar refractivity (Wildman–Crippen MR) is 112 cm³/mol. The summed E-state index contributed by atoms with van der Waals surface area (Å²) in [5, 5.41) is 12.4. The first kappa shape index (κ1) is 18.4. The molecule has 0 aromatic heterocycles. The number of fused-ring (bicyclic) bond motifs is 1. The van der Waals surface area contributed by atoms with Gasteiger partial charge < -0.3 is 14.7 Å². The molecule has 1 aliphatic carbocycles. The first-order valence-corrected chi connectivity index (χ1v) is 10.6. The lowest BCUT2D eigenvalue weighted by molar-refractivity contribution is -0.151. The molecular formula is C23H32N2O5. The van der Waals surface area contributed by atoms with Gasteiger partial charge in [0.15, 0.2) is 0 Å². The highest BCUT2D eigenvalue weighted by molar-refractivity contribution is 5.88. The van der Waals surface area contributed by atoms with E-state index in [1.165, 1.54) is 4.90 Å². The van der Waals surface area contributed by atoms with E-state index in [9.17, 15) is 19.5 Å². The van der Waals surface area contributed by atoms with Crippen molar-refractivity contribution in [2.75, 3.05) is 6.61 Å². The number of likely N-dealkylation sites (tertiary alicyclic amines) is 1. The third-order valence-electron chi connectivity index (χ3n) is 6.13. The van der Waals surface area contributed by atoms with Crippen molar-refractivity contribution in [3.63, 3.8) is 0 Å². The molecule has 0 radical (unpaired) electrons. The largest absolute Gasteiger partial charge is 0.480 e. The summed E-state index contributed by atoms with van der Waals surface area (Å²) in [7, 11) is 0. The predicted octanol–water partition coefficient (Wildman–Crippen LogP) is 2.38. The van der Waals surface area contributed by atoms with Gasteiger partial charge in [-0.05, 0) is 57.4 Å². The summed E-state index contributed by atoms with van der Waals surface area (Å²) >= 11 is 0. The summed E-state index contributed by atoms with van der Waals surface area (Å²) in [6, 6.07) is 5.35. The van der Waals surface area contributed by atoms with Gasteiger partial charge in [0.25, 0.3) is 0 Å². The van der Waals surface area contributed by atoms with E-state index in [1.807, 2.05) is 30.3 Å². The number of aliphatic carboxylic acids is 1. The number of aryl methyl sites for hydroxylation is 1. The van der Waals surface area contributed by atoms with Gasteiger partial charge in [-0.3, -0.25) is 14.9 Å². The molecule has 2 N–H and O–H groups in total. The second-order valence-electron chi connectivity index (χ2n) is 8.02. The van der Waals surface area contributed by atoms with Gasteiger partial charge in [-0.15, -0.1) is 0 Å². The SMILES string of the molecule is [2H][13C]([2H])([2H])C(NC(CCc1ccccc1)C(=O)OCC)C(=O)N1C(C(=O)O)CC2CCCC21. The molecular weight excluding hydrogens is 385 g/mol. The van der Waals surface area contributed by atoms with Gasteiger partial charge in [0, 0.05) is 10.2 Å². The average Bonchev–Trinajstić information content (AvgIpc) is 3.34. The third-order valence-corrected chi connectivity index (χ3v) is 6.13. The van der Waals surface area contributed by atoms with Crippen molar-refractivity contribution in [1.29, 1.82) is 0 Å². The average molecular weight is 421 g/mol. The van der Waals surface area contributed by atoms with Crippen LogP contribution in [0.25, 0.3) is 0 Å². The number of nitrogens with one attached hydrogen (secondary N) is 1. The number of hydrogen-bond donors (Lipinski definition) is 2. The number of rotatable bonds is 9. The number of carboxylic acids is 1. The first-order valence-electron chi connectivity index (χ1n) is 12.1. The molecule has 5 unspecified atom stereocenters. The fraction of sp³-hybridized carbons (Fsp3) is 0.609. The van der Waals surface area contributed by atoms with Gasteiger partial charge in [-0.1, -0.05) is 36.8 Å². The Morgan fingerprint density at radius 3 is 2.73 bits per heavy atom. The van der Waals surface area contributed by atoms with Crippen LogP contribution in [0.1, 0.15) is 55.6 Å². The van der Waals surface area contributed by atoms with Crippen molar-refractivity contribution in [3.05, 3.63) is 35.9 Å². The van der Waals surface area contributed by atoms with Crippen LogP contribution >= 0.6 is 0 Å². The highest BCUT2D eigenvalue weighted by atomic mass is 16.5. The third kappa shape index (κ3) is 5.01. The molecule has 30 heavy (non-hydrogen) atoms. The molecule has 3 rings (SSSR count). The molecule has 1 aliphatic heterocycles. The number of nitrogens with zero attached hydrogens (tertiary/aromatic N) is 1. The van der Waals surface area contributed by atoms with Crippen molar-refractivity contribution in [2.45, 2.75) is 76.5 Å². The van der Waals surface area contributed by atoms with Crippen molar-refractivity contribution in [1.82, 2.24) is 10.2 Å². The van der Waals surface area contributed by atoms with Crippen molar-refractivity contribution >= 4 is 17.8 Å². The highest BCUT2D eigenvalue weighted by Crippen LogP contribution is 2.41. The molecule has 1 aromatic carbocycles. The molecule has 2 fully saturated rings. The molecule has 5 atom stereocenters. The lowest BCUT2D eigenvalue weighted by Gasteiger charge is -2.31. The summed E-state index contributed by atoms with van der Waals surface area (Å²) in [5.41, 5.74) is 0.963. The molecule has 2 aliphatic rings. The minimum absolute atomic E-state index is 0.0613.